The van der Waals surface area contributed by atoms with E-state index < -0.39 is 11.8 Å². The number of nitrogens with one attached hydrogen (secondary N) is 2. The molecule has 0 saturated carbocycles. The fourth-order valence-corrected chi connectivity index (χ4v) is 3.03. The van der Waals surface area contributed by atoms with E-state index in [0.717, 1.165) is 12.8 Å². The van der Waals surface area contributed by atoms with E-state index in [2.05, 4.69) is 10.6 Å². The highest BCUT2D eigenvalue weighted by molar-refractivity contribution is 6.39. The summed E-state index contributed by atoms with van der Waals surface area (Å²) in [7, 11) is 0. The van der Waals surface area contributed by atoms with Crippen LogP contribution in [0.4, 0.5) is 5.69 Å². The van der Waals surface area contributed by atoms with Gasteiger partial charge in [0.05, 0.1) is 6.26 Å². The first-order valence-electron chi connectivity index (χ1n) is 9.26. The zero-order valence-corrected chi connectivity index (χ0v) is 15.5. The lowest BCUT2D eigenvalue weighted by molar-refractivity contribution is -0.136. The fourth-order valence-electron chi connectivity index (χ4n) is 3.03. The average molecular weight is 381 g/mol. The van der Waals surface area contributed by atoms with Crippen LogP contribution in [0.1, 0.15) is 18.6 Å². The second-order valence-electron chi connectivity index (χ2n) is 6.65. The maximum atomic E-state index is 12.2. The van der Waals surface area contributed by atoms with Crippen molar-refractivity contribution in [3.8, 4) is 0 Å². The first kappa shape index (κ1) is 19.4. The maximum absolute atomic E-state index is 12.2. The van der Waals surface area contributed by atoms with Crippen LogP contribution in [0.15, 0.2) is 59.2 Å². The number of hydrogen-bond acceptors (Lipinski definition) is 4. The van der Waals surface area contributed by atoms with Gasteiger partial charge in [0.15, 0.2) is 0 Å². The van der Waals surface area contributed by atoms with E-state index in [1.54, 1.807) is 53.6 Å². The van der Waals surface area contributed by atoms with Crippen LogP contribution in [-0.2, 0) is 14.4 Å². The van der Waals surface area contributed by atoms with Crippen molar-refractivity contribution < 1.29 is 18.8 Å². The van der Waals surface area contributed by atoms with Gasteiger partial charge in [-0.2, -0.15) is 0 Å². The van der Waals surface area contributed by atoms with Gasteiger partial charge in [0.2, 0.25) is 5.91 Å². The highest BCUT2D eigenvalue weighted by Gasteiger charge is 2.23. The number of piperidine rings is 1. The normalized spacial score (nSPS) is 14.8. The second kappa shape index (κ2) is 9.55. The molecule has 1 aliphatic rings. The molecule has 1 saturated heterocycles. The molecule has 3 rings (SSSR count). The number of carbonyl (C=O) groups is 3. The molecule has 3 amide bonds. The summed E-state index contributed by atoms with van der Waals surface area (Å²) in [6.07, 6.45) is 6.28. The first-order valence-corrected chi connectivity index (χ1v) is 9.26. The predicted octanol–water partition coefficient (Wildman–Crippen LogP) is 2.29. The largest absolute Gasteiger partial charge is 0.465 e. The summed E-state index contributed by atoms with van der Waals surface area (Å²) in [5.41, 5.74) is 0.581. The third kappa shape index (κ3) is 5.57. The Bertz CT molecular complexity index is 823. The van der Waals surface area contributed by atoms with E-state index in [1.807, 2.05) is 6.07 Å². The summed E-state index contributed by atoms with van der Waals surface area (Å²) in [4.78, 5) is 37.8. The molecule has 1 aliphatic heterocycles. The standard InChI is InChI=1S/C21H23N3O4/c25-19(9-8-18-7-4-14-28-18)24-12-10-16(11-13-24)15-22-20(26)21(27)23-17-5-2-1-3-6-17/h1-9,14,16H,10-13,15H2,(H,22,26)(H,23,27)/b9-8+. The van der Waals surface area contributed by atoms with Crippen LogP contribution < -0.4 is 10.6 Å². The SMILES string of the molecule is O=C(NCC1CCN(C(=O)/C=C/c2ccco2)CC1)C(=O)Nc1ccccc1. The minimum absolute atomic E-state index is 0.0545. The van der Waals surface area contributed by atoms with E-state index in [4.69, 9.17) is 4.42 Å². The summed E-state index contributed by atoms with van der Waals surface area (Å²) >= 11 is 0. The van der Waals surface area contributed by atoms with E-state index >= 15 is 0 Å². The van der Waals surface area contributed by atoms with Gasteiger partial charge < -0.3 is 20.0 Å². The number of hydrogen-bond donors (Lipinski definition) is 2. The molecule has 0 aliphatic carbocycles. The number of rotatable bonds is 5. The molecule has 0 spiro atoms. The van der Waals surface area contributed by atoms with Crippen LogP contribution in [0.2, 0.25) is 0 Å². The molecule has 0 unspecified atom stereocenters. The summed E-state index contributed by atoms with van der Waals surface area (Å²) in [5.74, 6) is -0.502. The van der Waals surface area contributed by atoms with Crippen LogP contribution in [-0.4, -0.2) is 42.3 Å². The summed E-state index contributed by atoms with van der Waals surface area (Å²) < 4.78 is 5.17. The van der Waals surface area contributed by atoms with Crippen molar-refractivity contribution in [1.29, 1.82) is 0 Å². The van der Waals surface area contributed by atoms with Gasteiger partial charge in [-0.1, -0.05) is 18.2 Å². The molecule has 1 aromatic heterocycles. The number of likely N-dealkylation sites (tertiary alicyclic amines) is 1. The molecular weight excluding hydrogens is 358 g/mol. The number of para-hydroxylation sites is 1. The molecule has 2 heterocycles. The number of furan rings is 1. The Balaban J connectivity index is 1.37. The van der Waals surface area contributed by atoms with Crippen molar-refractivity contribution in [2.45, 2.75) is 12.8 Å². The van der Waals surface area contributed by atoms with Crippen LogP contribution >= 0.6 is 0 Å². The summed E-state index contributed by atoms with van der Waals surface area (Å²) in [6, 6.07) is 12.4. The molecular formula is C21H23N3O4. The Morgan fingerprint density at radius 3 is 2.46 bits per heavy atom. The summed E-state index contributed by atoms with van der Waals surface area (Å²) in [6.45, 7) is 1.67. The lowest BCUT2D eigenvalue weighted by atomic mass is 9.96. The highest BCUT2D eigenvalue weighted by atomic mass is 16.3. The maximum Gasteiger partial charge on any atom is 0.313 e. The van der Waals surface area contributed by atoms with Gasteiger partial charge in [0.25, 0.3) is 0 Å². The molecule has 0 radical (unpaired) electrons. The van der Waals surface area contributed by atoms with Crippen LogP contribution in [0.5, 0.6) is 0 Å². The Kier molecular flexibility index (Phi) is 6.62. The van der Waals surface area contributed by atoms with Gasteiger partial charge >= 0.3 is 11.8 Å². The number of nitrogens with zero attached hydrogens (tertiary/aromatic N) is 1. The third-order valence-electron chi connectivity index (χ3n) is 4.65. The van der Waals surface area contributed by atoms with Crippen LogP contribution in [0, 0.1) is 5.92 Å². The number of anilines is 1. The Morgan fingerprint density at radius 1 is 1.04 bits per heavy atom. The van der Waals surface area contributed by atoms with Gasteiger partial charge in [0.1, 0.15) is 5.76 Å². The lowest BCUT2D eigenvalue weighted by Gasteiger charge is -2.31. The smallest absolute Gasteiger partial charge is 0.313 e. The van der Waals surface area contributed by atoms with Gasteiger partial charge in [-0.05, 0) is 49.1 Å². The predicted molar refractivity (Wildman–Crippen MR) is 105 cm³/mol. The van der Waals surface area contributed by atoms with Gasteiger partial charge in [-0.15, -0.1) is 0 Å². The minimum Gasteiger partial charge on any atom is -0.465 e. The van der Waals surface area contributed by atoms with Gasteiger partial charge in [0, 0.05) is 31.4 Å². The zero-order valence-electron chi connectivity index (χ0n) is 15.5. The van der Waals surface area contributed by atoms with Crippen molar-refractivity contribution in [3.05, 3.63) is 60.6 Å². The van der Waals surface area contributed by atoms with Gasteiger partial charge in [-0.25, -0.2) is 0 Å². The molecule has 7 heteroatoms. The van der Waals surface area contributed by atoms with Crippen molar-refractivity contribution in [1.82, 2.24) is 10.2 Å². The molecule has 1 fully saturated rings. The molecule has 7 nitrogen and oxygen atoms in total. The first-order chi connectivity index (χ1) is 13.6. The lowest BCUT2D eigenvalue weighted by Crippen LogP contribution is -2.43. The van der Waals surface area contributed by atoms with E-state index in [-0.39, 0.29) is 11.8 Å². The van der Waals surface area contributed by atoms with Crippen molar-refractivity contribution >= 4 is 29.5 Å². The number of amides is 3. The van der Waals surface area contributed by atoms with E-state index in [0.29, 0.717) is 31.1 Å². The molecule has 1 aromatic carbocycles. The number of benzene rings is 1. The van der Waals surface area contributed by atoms with Crippen molar-refractivity contribution in [3.63, 3.8) is 0 Å². The molecule has 0 atom stereocenters. The molecule has 0 bridgehead atoms. The fraction of sp³-hybridized carbons (Fsp3) is 0.286. The highest BCUT2D eigenvalue weighted by Crippen LogP contribution is 2.17. The van der Waals surface area contributed by atoms with Crippen molar-refractivity contribution in [2.75, 3.05) is 25.0 Å². The zero-order chi connectivity index (χ0) is 19.8. The molecule has 2 N–H and O–H groups in total. The average Bonchev–Trinajstić information content (AvgIpc) is 3.25. The molecule has 2 aromatic rings. The topological polar surface area (TPSA) is 91.7 Å². The molecule has 28 heavy (non-hydrogen) atoms. The van der Waals surface area contributed by atoms with E-state index in [1.165, 1.54) is 6.08 Å². The van der Waals surface area contributed by atoms with Crippen LogP contribution in [0.3, 0.4) is 0 Å². The quantitative estimate of drug-likeness (QED) is 0.614. The van der Waals surface area contributed by atoms with Crippen molar-refractivity contribution in [2.24, 2.45) is 5.92 Å². The Labute approximate surface area is 163 Å². The monoisotopic (exact) mass is 381 g/mol. The minimum atomic E-state index is -0.679. The number of carbonyl (C=O) groups excluding carboxylic acids is 3. The van der Waals surface area contributed by atoms with Crippen LogP contribution in [0.25, 0.3) is 6.08 Å². The molecule has 146 valence electrons. The Morgan fingerprint density at radius 2 is 1.79 bits per heavy atom. The van der Waals surface area contributed by atoms with E-state index in [9.17, 15) is 14.4 Å². The third-order valence-corrected chi connectivity index (χ3v) is 4.65. The second-order valence-corrected chi connectivity index (χ2v) is 6.65. The van der Waals surface area contributed by atoms with Gasteiger partial charge in [-0.3, -0.25) is 14.4 Å². The Hall–Kier alpha value is -3.35. The summed E-state index contributed by atoms with van der Waals surface area (Å²) in [5, 5.41) is 5.24.